The minimum Gasteiger partial charge on any atom is -0.308 e. The summed E-state index contributed by atoms with van der Waals surface area (Å²) < 4.78 is 5.22. The van der Waals surface area contributed by atoms with Crippen molar-refractivity contribution in [2.75, 3.05) is 4.90 Å². The molecule has 11 rings (SSSR count). The number of hydrogen-bond acceptors (Lipinski definition) is 3. The van der Waals surface area contributed by atoms with Crippen LogP contribution in [0.3, 0.4) is 0 Å². The molecule has 0 radical (unpaired) electrons. The van der Waals surface area contributed by atoms with E-state index in [0.717, 1.165) is 11.4 Å². The van der Waals surface area contributed by atoms with Gasteiger partial charge in [-0.1, -0.05) is 164 Å². The molecule has 0 atom stereocenters. The minimum absolute atomic E-state index is 1.11. The van der Waals surface area contributed by atoms with Crippen LogP contribution in [0.5, 0.6) is 0 Å². The van der Waals surface area contributed by atoms with Gasteiger partial charge in [0.2, 0.25) is 0 Å². The van der Waals surface area contributed by atoms with E-state index < -0.39 is 0 Å². The average molecular weight is 762 g/mol. The van der Waals surface area contributed by atoms with Gasteiger partial charge in [0.1, 0.15) is 0 Å². The summed E-state index contributed by atoms with van der Waals surface area (Å²) in [5.41, 5.74) is 13.1. The van der Waals surface area contributed by atoms with Crippen LogP contribution >= 0.6 is 22.7 Å². The van der Waals surface area contributed by atoms with Gasteiger partial charge in [0, 0.05) is 46.9 Å². The van der Waals surface area contributed by atoms with E-state index in [9.17, 15) is 0 Å². The van der Waals surface area contributed by atoms with Crippen LogP contribution in [0.25, 0.3) is 84.9 Å². The number of benzene rings is 9. The topological polar surface area (TPSA) is 3.24 Å². The van der Waals surface area contributed by atoms with Crippen molar-refractivity contribution in [2.24, 2.45) is 0 Å². The Kier molecular flexibility index (Phi) is 8.28. The third-order valence-electron chi connectivity index (χ3n) is 11.1. The Bertz CT molecular complexity index is 3240. The van der Waals surface area contributed by atoms with Gasteiger partial charge < -0.3 is 4.90 Å². The lowest BCUT2D eigenvalue weighted by atomic mass is 9.88. The Morgan fingerprint density at radius 2 is 0.789 bits per heavy atom. The highest BCUT2D eigenvalue weighted by Crippen LogP contribution is 2.49. The molecule has 0 spiro atoms. The zero-order valence-corrected chi connectivity index (χ0v) is 32.6. The summed E-state index contributed by atoms with van der Waals surface area (Å²) in [7, 11) is 0. The highest BCUT2D eigenvalue weighted by molar-refractivity contribution is 7.26. The molecule has 0 aliphatic rings. The molecule has 0 aliphatic heterocycles. The second kappa shape index (κ2) is 14.1. The Hall–Kier alpha value is -6.78. The van der Waals surface area contributed by atoms with Gasteiger partial charge in [-0.25, -0.2) is 0 Å². The summed E-state index contributed by atoms with van der Waals surface area (Å²) in [4.78, 5) is 2.48. The molecule has 0 N–H and O–H groups in total. The summed E-state index contributed by atoms with van der Waals surface area (Å²) in [5, 5.41) is 5.21. The van der Waals surface area contributed by atoms with Gasteiger partial charge in [-0.15, -0.1) is 22.7 Å². The molecule has 1 nitrogen and oxygen atoms in total. The Morgan fingerprint density at radius 1 is 0.281 bits per heavy atom. The Balaban J connectivity index is 1.10. The highest BCUT2D eigenvalue weighted by Gasteiger charge is 2.23. The van der Waals surface area contributed by atoms with Crippen molar-refractivity contribution in [3.05, 3.63) is 212 Å². The second-order valence-corrected chi connectivity index (χ2v) is 16.6. The van der Waals surface area contributed by atoms with E-state index in [1.807, 2.05) is 22.7 Å². The molecule has 9 aromatic carbocycles. The first-order valence-electron chi connectivity index (χ1n) is 19.3. The molecule has 11 aromatic rings. The maximum Gasteiger partial charge on any atom is 0.0640 e. The zero-order valence-electron chi connectivity index (χ0n) is 31.0. The average Bonchev–Trinajstić information content (AvgIpc) is 3.86. The molecule has 0 saturated carbocycles. The van der Waals surface area contributed by atoms with E-state index in [1.165, 1.54) is 90.5 Å². The third-order valence-corrected chi connectivity index (χ3v) is 13.5. The van der Waals surface area contributed by atoms with E-state index in [-0.39, 0.29) is 0 Å². The van der Waals surface area contributed by atoms with E-state index in [0.29, 0.717) is 0 Å². The first-order chi connectivity index (χ1) is 28.3. The SMILES string of the molecule is c1ccc(-c2ccccc2-c2ccccc2-c2ccccc2N(c2ccc(-c3ccc4sc5ccccc5c4c3)cc2)c2cccc3c2sc2ccccc23)cc1. The molecular weight excluding hydrogens is 727 g/mol. The fourth-order valence-corrected chi connectivity index (χ4v) is 10.8. The number of fused-ring (bicyclic) bond motifs is 6. The standard InChI is InChI=1S/C54H35NS2/c1-2-15-37(16-3-1)40-17-4-5-18-41(40)42-19-6-7-20-43(42)44-21-8-11-25-49(44)55(50-26-14-24-47-45-22-9-13-28-52(45)57-54(47)50)39-32-29-36(30-33-39)38-31-34-53-48(35-38)46-23-10-12-27-51(46)56-53/h1-35H. The van der Waals surface area contributed by atoms with Gasteiger partial charge in [-0.2, -0.15) is 0 Å². The maximum atomic E-state index is 2.48. The van der Waals surface area contributed by atoms with E-state index >= 15 is 0 Å². The molecule has 0 aliphatic carbocycles. The van der Waals surface area contributed by atoms with Crippen LogP contribution in [0, 0.1) is 0 Å². The monoisotopic (exact) mass is 761 g/mol. The molecule has 57 heavy (non-hydrogen) atoms. The first kappa shape index (κ1) is 33.5. The molecule has 0 amide bonds. The van der Waals surface area contributed by atoms with Crippen molar-refractivity contribution >= 4 is 80.1 Å². The van der Waals surface area contributed by atoms with Gasteiger partial charge in [-0.05, 0) is 87.5 Å². The van der Waals surface area contributed by atoms with Crippen LogP contribution in [0.1, 0.15) is 0 Å². The van der Waals surface area contributed by atoms with Crippen LogP contribution in [0.15, 0.2) is 212 Å². The summed E-state index contributed by atoms with van der Waals surface area (Å²) in [6.45, 7) is 0. The predicted octanol–water partition coefficient (Wildman–Crippen LogP) is 16.6. The Morgan fingerprint density at radius 3 is 1.54 bits per heavy atom. The van der Waals surface area contributed by atoms with Crippen LogP contribution in [-0.4, -0.2) is 0 Å². The number of thiophene rings is 2. The predicted molar refractivity (Wildman–Crippen MR) is 249 cm³/mol. The number of para-hydroxylation sites is 1. The lowest BCUT2D eigenvalue weighted by Gasteiger charge is -2.29. The van der Waals surface area contributed by atoms with Gasteiger partial charge in [-0.3, -0.25) is 0 Å². The minimum atomic E-state index is 1.11. The fourth-order valence-electron chi connectivity index (χ4n) is 8.46. The number of rotatable bonds is 7. The Labute approximate surface area is 340 Å². The summed E-state index contributed by atoms with van der Waals surface area (Å²) in [6, 6.07) is 77.6. The molecule has 0 unspecified atom stereocenters. The van der Waals surface area contributed by atoms with Crippen molar-refractivity contribution in [2.45, 2.75) is 0 Å². The lowest BCUT2D eigenvalue weighted by Crippen LogP contribution is -2.11. The zero-order chi connectivity index (χ0) is 37.7. The van der Waals surface area contributed by atoms with E-state index in [1.54, 1.807) is 0 Å². The van der Waals surface area contributed by atoms with Crippen molar-refractivity contribution in [1.82, 2.24) is 0 Å². The molecule has 3 heteroatoms. The van der Waals surface area contributed by atoms with Gasteiger partial charge in [0.05, 0.1) is 16.1 Å². The van der Waals surface area contributed by atoms with Crippen LogP contribution < -0.4 is 4.90 Å². The smallest absolute Gasteiger partial charge is 0.0640 e. The van der Waals surface area contributed by atoms with Crippen molar-refractivity contribution in [3.63, 3.8) is 0 Å². The van der Waals surface area contributed by atoms with Crippen molar-refractivity contribution in [3.8, 4) is 44.5 Å². The normalized spacial score (nSPS) is 11.5. The first-order valence-corrected chi connectivity index (χ1v) is 21.0. The third kappa shape index (κ3) is 5.83. The van der Waals surface area contributed by atoms with Crippen LogP contribution in [-0.2, 0) is 0 Å². The second-order valence-electron chi connectivity index (χ2n) is 14.4. The molecule has 0 fully saturated rings. The van der Waals surface area contributed by atoms with Crippen LogP contribution in [0.2, 0.25) is 0 Å². The molecule has 2 heterocycles. The summed E-state index contributed by atoms with van der Waals surface area (Å²) in [5.74, 6) is 0. The molecule has 0 saturated heterocycles. The lowest BCUT2D eigenvalue weighted by molar-refractivity contribution is 1.30. The van der Waals surface area contributed by atoms with Gasteiger partial charge in [0.15, 0.2) is 0 Å². The van der Waals surface area contributed by atoms with Crippen LogP contribution in [0.4, 0.5) is 17.1 Å². The largest absolute Gasteiger partial charge is 0.308 e. The van der Waals surface area contributed by atoms with Gasteiger partial charge in [0.25, 0.3) is 0 Å². The molecular formula is C54H35NS2. The van der Waals surface area contributed by atoms with Crippen molar-refractivity contribution in [1.29, 1.82) is 0 Å². The molecule has 268 valence electrons. The van der Waals surface area contributed by atoms with E-state index in [2.05, 4.69) is 217 Å². The number of nitrogens with zero attached hydrogens (tertiary/aromatic N) is 1. The molecule has 0 bridgehead atoms. The highest BCUT2D eigenvalue weighted by atomic mass is 32.1. The fraction of sp³-hybridized carbons (Fsp3) is 0. The maximum absolute atomic E-state index is 2.48. The number of hydrogen-bond donors (Lipinski definition) is 0. The number of anilines is 3. The quantitative estimate of drug-likeness (QED) is 0.156. The van der Waals surface area contributed by atoms with Crippen molar-refractivity contribution < 1.29 is 0 Å². The summed E-state index contributed by atoms with van der Waals surface area (Å²) >= 11 is 3.73. The molecule has 2 aromatic heterocycles. The van der Waals surface area contributed by atoms with E-state index in [4.69, 9.17) is 0 Å². The summed E-state index contributed by atoms with van der Waals surface area (Å²) in [6.07, 6.45) is 0. The van der Waals surface area contributed by atoms with Gasteiger partial charge >= 0.3 is 0 Å².